The number of methoxy groups -OCH3 is 1. The summed E-state index contributed by atoms with van der Waals surface area (Å²) in [7, 11) is 9.81. The number of ketones is 1. The monoisotopic (exact) mass is 793 g/mol. The highest BCUT2D eigenvalue weighted by molar-refractivity contribution is 6.22. The molecule has 0 fully saturated rings. The summed E-state index contributed by atoms with van der Waals surface area (Å²) in [5, 5.41) is 34.5. The second-order valence-electron chi connectivity index (χ2n) is 15.1. The summed E-state index contributed by atoms with van der Waals surface area (Å²) in [6.07, 6.45) is 1.97. The number of carbonyl (C=O) groups excluding carboxylic acids is 1. The maximum Gasteiger partial charge on any atom is 0.233 e. The van der Waals surface area contributed by atoms with Crippen LogP contribution in [0, 0.1) is 6.92 Å². The Balaban J connectivity index is 1.18. The Kier molecular flexibility index (Phi) is 12.6. The van der Waals surface area contributed by atoms with Gasteiger partial charge in [0.25, 0.3) is 0 Å². The molecule has 7 rings (SSSR count). The first-order chi connectivity index (χ1) is 28.6. The number of rotatable bonds is 18. The number of fused-ring (bicyclic) bond motifs is 5. The van der Waals surface area contributed by atoms with Crippen LogP contribution in [0.5, 0.6) is 11.5 Å². The molecule has 304 valence electrons. The van der Waals surface area contributed by atoms with Crippen LogP contribution in [-0.4, -0.2) is 102 Å². The number of para-hydroxylation sites is 1. The van der Waals surface area contributed by atoms with Gasteiger partial charge in [-0.2, -0.15) is 20.1 Å². The molecule has 0 saturated carbocycles. The summed E-state index contributed by atoms with van der Waals surface area (Å²) in [6, 6.07) is 26.7. The molecule has 59 heavy (non-hydrogen) atoms. The molecule has 5 aromatic carbocycles. The number of phenolic OH excluding ortho intramolecular Hbond substituents is 1. The van der Waals surface area contributed by atoms with Crippen molar-refractivity contribution in [1.82, 2.24) is 29.7 Å². The number of anilines is 4. The highest BCUT2D eigenvalue weighted by Crippen LogP contribution is 2.44. The molecule has 14 nitrogen and oxygen atoms in total. The van der Waals surface area contributed by atoms with Gasteiger partial charge in [0, 0.05) is 46.9 Å². The third-order valence-corrected chi connectivity index (χ3v) is 10.1. The fourth-order valence-corrected chi connectivity index (χ4v) is 6.98. The zero-order valence-corrected chi connectivity index (χ0v) is 34.4. The van der Waals surface area contributed by atoms with Crippen LogP contribution in [0.15, 0.2) is 95.2 Å². The Bertz CT molecular complexity index is 2590. The van der Waals surface area contributed by atoms with Crippen LogP contribution in [0.25, 0.3) is 32.6 Å². The van der Waals surface area contributed by atoms with E-state index in [1.54, 1.807) is 13.2 Å². The minimum atomic E-state index is -0.238. The Morgan fingerprint density at radius 1 is 0.797 bits per heavy atom. The van der Waals surface area contributed by atoms with Crippen molar-refractivity contribution in [3.63, 3.8) is 0 Å². The number of nitrogens with one attached hydrogen (secondary N) is 4. The number of azo groups is 1. The van der Waals surface area contributed by atoms with Crippen molar-refractivity contribution in [3.05, 3.63) is 102 Å². The predicted octanol–water partition coefficient (Wildman–Crippen LogP) is 8.99. The smallest absolute Gasteiger partial charge is 0.233 e. The number of aromatic hydroxyl groups is 1. The molecule has 0 amide bonds. The molecule has 0 aliphatic carbocycles. The van der Waals surface area contributed by atoms with E-state index in [-0.39, 0.29) is 29.2 Å². The Morgan fingerprint density at radius 3 is 2.14 bits per heavy atom. The lowest BCUT2D eigenvalue weighted by atomic mass is 9.95. The number of aryl methyl sites for hydroxylation is 1. The number of nitrogens with zero attached hydrogens (tertiary/aromatic N) is 7. The zero-order valence-electron chi connectivity index (χ0n) is 34.4. The maximum atomic E-state index is 13.9. The highest BCUT2D eigenvalue weighted by Gasteiger charge is 2.22. The Morgan fingerprint density at radius 2 is 1.47 bits per heavy atom. The number of hydrogen-bond acceptors (Lipinski definition) is 13. The Hall–Kier alpha value is -6.64. The van der Waals surface area contributed by atoms with E-state index in [9.17, 15) is 9.90 Å². The molecule has 0 aliphatic rings. The number of hydrogen-bond donors (Lipinski definition) is 5. The van der Waals surface area contributed by atoms with E-state index in [1.165, 1.54) is 0 Å². The molecule has 2 heterocycles. The molecule has 0 bridgehead atoms. The van der Waals surface area contributed by atoms with Gasteiger partial charge in [0.1, 0.15) is 11.4 Å². The normalized spacial score (nSPS) is 11.7. The van der Waals surface area contributed by atoms with Gasteiger partial charge in [0.2, 0.25) is 17.8 Å². The van der Waals surface area contributed by atoms with Gasteiger partial charge in [-0.3, -0.25) is 4.79 Å². The van der Waals surface area contributed by atoms with Crippen molar-refractivity contribution in [2.75, 3.05) is 77.4 Å². The van der Waals surface area contributed by atoms with E-state index in [2.05, 4.69) is 62.0 Å². The van der Waals surface area contributed by atoms with Crippen LogP contribution in [0.4, 0.5) is 34.9 Å². The van der Waals surface area contributed by atoms with Crippen LogP contribution < -0.4 is 20.7 Å². The number of H-pyrrole nitrogens is 1. The van der Waals surface area contributed by atoms with Gasteiger partial charge in [-0.15, -0.1) is 5.11 Å². The average molecular weight is 794 g/mol. The number of benzene rings is 5. The van der Waals surface area contributed by atoms with Crippen LogP contribution in [-0.2, 0) is 6.42 Å². The second kappa shape index (κ2) is 18.3. The highest BCUT2D eigenvalue weighted by atomic mass is 16.5. The van der Waals surface area contributed by atoms with Gasteiger partial charge in [-0.1, -0.05) is 36.4 Å². The van der Waals surface area contributed by atoms with E-state index in [1.807, 2.05) is 108 Å². The summed E-state index contributed by atoms with van der Waals surface area (Å²) < 4.78 is 5.36. The number of carbonyl (C=O) groups is 1. The third kappa shape index (κ3) is 9.74. The molecule has 0 saturated heterocycles. The first-order valence-electron chi connectivity index (χ1n) is 19.7. The number of ether oxygens (including phenoxy) is 1. The van der Waals surface area contributed by atoms with Crippen LogP contribution in [0.1, 0.15) is 34.3 Å². The fourth-order valence-electron chi connectivity index (χ4n) is 6.98. The third-order valence-electron chi connectivity index (χ3n) is 10.1. The number of Topliss-reactive ketones (excluding diaryl/α,β-unsaturated/α-hetero) is 1. The van der Waals surface area contributed by atoms with E-state index in [0.29, 0.717) is 34.7 Å². The molecule has 0 radical (unpaired) electrons. The van der Waals surface area contributed by atoms with Crippen molar-refractivity contribution >= 4 is 73.3 Å². The van der Waals surface area contributed by atoms with Crippen molar-refractivity contribution in [1.29, 1.82) is 0 Å². The van der Waals surface area contributed by atoms with Crippen molar-refractivity contribution in [3.8, 4) is 11.5 Å². The lowest BCUT2D eigenvalue weighted by Gasteiger charge is -2.13. The average Bonchev–Trinajstić information content (AvgIpc) is 3.60. The van der Waals surface area contributed by atoms with Crippen LogP contribution in [0.2, 0.25) is 0 Å². The van der Waals surface area contributed by atoms with Gasteiger partial charge in [0.05, 0.1) is 23.9 Å². The summed E-state index contributed by atoms with van der Waals surface area (Å²) in [4.78, 5) is 35.6. The summed E-state index contributed by atoms with van der Waals surface area (Å²) in [5.74, 6) is 1.61. The van der Waals surface area contributed by atoms with Gasteiger partial charge in [0.15, 0.2) is 11.5 Å². The number of aromatic amines is 1. The van der Waals surface area contributed by atoms with E-state index in [0.717, 1.165) is 83.0 Å². The predicted molar refractivity (Wildman–Crippen MR) is 238 cm³/mol. The Labute approximate surface area is 343 Å². The van der Waals surface area contributed by atoms with Crippen LogP contribution >= 0.6 is 0 Å². The molecule has 0 spiro atoms. The quantitative estimate of drug-likeness (QED) is 0.0320. The van der Waals surface area contributed by atoms with Gasteiger partial charge >= 0.3 is 0 Å². The van der Waals surface area contributed by atoms with Crippen molar-refractivity contribution in [2.24, 2.45) is 10.2 Å². The van der Waals surface area contributed by atoms with Gasteiger partial charge in [-0.05, 0) is 126 Å². The SMILES string of the molecule is COc1ccc(CC(=O)c2cc3ccc4c5ccccc5[nH]c4c3c(N=Nc3ccc(Nc4nc(NCCCN(C)C)nc(NCCCN(C)C)n4)cc3)c2O)c(C)c1. The maximum absolute atomic E-state index is 13.9. The molecular formula is C45H51N11O3. The van der Waals surface area contributed by atoms with Crippen LogP contribution in [0.3, 0.4) is 0 Å². The lowest BCUT2D eigenvalue weighted by molar-refractivity contribution is 0.0990. The molecule has 7 aromatic rings. The van der Waals surface area contributed by atoms with Gasteiger partial charge < -0.3 is 40.6 Å². The zero-order chi connectivity index (χ0) is 41.5. The standard InChI is InChI=1S/C45H51N11O3/c1-28-25-33(59-6)19-13-29(28)27-38(57)36-26-30-14-20-35-34-11-7-8-12-37(34)49-40(35)39(30)41(42(36)58)54-53-32-17-15-31(16-18-32)48-45-51-43(46-21-9-23-55(2)3)50-44(52-45)47-22-10-24-56(4)5/h7-8,11-20,25-26,49,58H,9-10,21-24,27H2,1-6H3,(H3,46,47,48,50,51,52). The molecular weight excluding hydrogens is 743 g/mol. The van der Waals surface area contributed by atoms with Crippen molar-refractivity contribution < 1.29 is 14.6 Å². The summed E-state index contributed by atoms with van der Waals surface area (Å²) >= 11 is 0. The number of phenols is 1. The van der Waals surface area contributed by atoms with E-state index >= 15 is 0 Å². The largest absolute Gasteiger partial charge is 0.505 e. The van der Waals surface area contributed by atoms with E-state index in [4.69, 9.17) is 4.74 Å². The van der Waals surface area contributed by atoms with Crippen molar-refractivity contribution in [2.45, 2.75) is 26.2 Å². The summed E-state index contributed by atoms with van der Waals surface area (Å²) in [6.45, 7) is 5.27. The minimum absolute atomic E-state index is 0.0950. The molecule has 14 heteroatoms. The number of aromatic nitrogens is 4. The second-order valence-corrected chi connectivity index (χ2v) is 15.1. The molecule has 5 N–H and O–H groups in total. The summed E-state index contributed by atoms with van der Waals surface area (Å²) in [5.41, 5.74) is 5.18. The molecule has 0 atom stereocenters. The first kappa shape index (κ1) is 40.6. The fraction of sp³-hybridized carbons (Fsp3) is 0.289. The molecule has 0 aliphatic heterocycles. The lowest BCUT2D eigenvalue weighted by Crippen LogP contribution is -2.19. The van der Waals surface area contributed by atoms with Gasteiger partial charge in [-0.25, -0.2) is 0 Å². The topological polar surface area (TPSA) is 168 Å². The molecule has 0 unspecified atom stereocenters. The molecule has 2 aromatic heterocycles. The van der Waals surface area contributed by atoms with E-state index < -0.39 is 0 Å². The minimum Gasteiger partial charge on any atom is -0.505 e. The first-order valence-corrected chi connectivity index (χ1v) is 19.7.